The fourth-order valence-corrected chi connectivity index (χ4v) is 2.80. The standard InChI is InChI=1S/C14H18O3/c15-12-9-14(10-5-7-16-8-6-10)17-13-4-2-1-3-11(12)13/h1-4,10,12,14-15H,5-9H2. The highest BCUT2D eigenvalue weighted by Crippen LogP contribution is 2.38. The molecule has 3 nitrogen and oxygen atoms in total. The Labute approximate surface area is 101 Å². The van der Waals surface area contributed by atoms with Gasteiger partial charge in [0, 0.05) is 31.1 Å². The predicted molar refractivity (Wildman–Crippen MR) is 64.0 cm³/mol. The van der Waals surface area contributed by atoms with Crippen LogP contribution in [0.2, 0.25) is 0 Å². The first-order valence-electron chi connectivity index (χ1n) is 6.36. The highest BCUT2D eigenvalue weighted by Gasteiger charge is 2.33. The molecule has 2 unspecified atom stereocenters. The van der Waals surface area contributed by atoms with Crippen LogP contribution in [0.1, 0.15) is 30.9 Å². The molecule has 3 heteroatoms. The topological polar surface area (TPSA) is 38.7 Å². The quantitative estimate of drug-likeness (QED) is 0.810. The van der Waals surface area contributed by atoms with E-state index in [1.165, 1.54) is 0 Å². The van der Waals surface area contributed by atoms with Crippen LogP contribution >= 0.6 is 0 Å². The van der Waals surface area contributed by atoms with E-state index in [1.807, 2.05) is 24.3 Å². The largest absolute Gasteiger partial charge is 0.490 e. The number of hydrogen-bond donors (Lipinski definition) is 1. The van der Waals surface area contributed by atoms with Crippen LogP contribution < -0.4 is 4.74 Å². The molecule has 0 amide bonds. The van der Waals surface area contributed by atoms with Gasteiger partial charge in [-0.2, -0.15) is 0 Å². The average molecular weight is 234 g/mol. The Balaban J connectivity index is 1.78. The number of aliphatic hydroxyl groups excluding tert-OH is 1. The molecule has 2 aliphatic heterocycles. The highest BCUT2D eigenvalue weighted by atomic mass is 16.5. The van der Waals surface area contributed by atoms with E-state index >= 15 is 0 Å². The van der Waals surface area contributed by atoms with Crippen molar-refractivity contribution in [2.45, 2.75) is 31.5 Å². The van der Waals surface area contributed by atoms with Crippen molar-refractivity contribution in [3.05, 3.63) is 29.8 Å². The molecule has 17 heavy (non-hydrogen) atoms. The summed E-state index contributed by atoms with van der Waals surface area (Å²) in [7, 11) is 0. The second-order valence-corrected chi connectivity index (χ2v) is 4.90. The number of ether oxygens (including phenoxy) is 2. The molecular formula is C14H18O3. The second-order valence-electron chi connectivity index (χ2n) is 4.90. The fraction of sp³-hybridized carbons (Fsp3) is 0.571. The predicted octanol–water partition coefficient (Wildman–Crippen LogP) is 2.30. The maximum atomic E-state index is 10.2. The molecule has 3 rings (SSSR count). The number of hydrogen-bond acceptors (Lipinski definition) is 3. The Kier molecular flexibility index (Phi) is 3.04. The summed E-state index contributed by atoms with van der Waals surface area (Å²) in [5.41, 5.74) is 0.927. The lowest BCUT2D eigenvalue weighted by molar-refractivity contribution is -0.0150. The van der Waals surface area contributed by atoms with E-state index < -0.39 is 0 Å². The maximum absolute atomic E-state index is 10.2. The van der Waals surface area contributed by atoms with Gasteiger partial charge in [-0.15, -0.1) is 0 Å². The van der Waals surface area contributed by atoms with E-state index in [9.17, 15) is 5.11 Å². The summed E-state index contributed by atoms with van der Waals surface area (Å²) in [6.45, 7) is 1.64. The SMILES string of the molecule is OC1CC(C2CCOCC2)Oc2ccccc21. The molecule has 1 fully saturated rings. The zero-order chi connectivity index (χ0) is 11.7. The molecule has 0 radical (unpaired) electrons. The van der Waals surface area contributed by atoms with Crippen molar-refractivity contribution in [3.8, 4) is 5.75 Å². The Morgan fingerprint density at radius 2 is 1.88 bits per heavy atom. The Bertz CT molecular complexity index is 385. The van der Waals surface area contributed by atoms with Crippen molar-refractivity contribution >= 4 is 0 Å². The minimum atomic E-state index is -0.382. The van der Waals surface area contributed by atoms with Gasteiger partial charge in [-0.1, -0.05) is 18.2 Å². The lowest BCUT2D eigenvalue weighted by atomic mass is 9.87. The van der Waals surface area contributed by atoms with Gasteiger partial charge >= 0.3 is 0 Å². The van der Waals surface area contributed by atoms with Gasteiger partial charge in [0.15, 0.2) is 0 Å². The van der Waals surface area contributed by atoms with Crippen molar-refractivity contribution in [1.82, 2.24) is 0 Å². The van der Waals surface area contributed by atoms with E-state index in [1.54, 1.807) is 0 Å². The van der Waals surface area contributed by atoms with Crippen LogP contribution in [0.3, 0.4) is 0 Å². The van der Waals surface area contributed by atoms with E-state index in [0.717, 1.165) is 37.4 Å². The molecule has 1 N–H and O–H groups in total. The van der Waals surface area contributed by atoms with Crippen molar-refractivity contribution in [2.75, 3.05) is 13.2 Å². The van der Waals surface area contributed by atoms with Crippen LogP contribution in [0.4, 0.5) is 0 Å². The third-order valence-corrected chi connectivity index (χ3v) is 3.80. The fourth-order valence-electron chi connectivity index (χ4n) is 2.80. The molecule has 0 bridgehead atoms. The molecule has 1 aromatic rings. The van der Waals surface area contributed by atoms with Gasteiger partial charge in [-0.05, 0) is 18.9 Å². The number of fused-ring (bicyclic) bond motifs is 1. The van der Waals surface area contributed by atoms with Gasteiger partial charge in [-0.25, -0.2) is 0 Å². The molecule has 0 aliphatic carbocycles. The first-order valence-corrected chi connectivity index (χ1v) is 6.36. The lowest BCUT2D eigenvalue weighted by Crippen LogP contribution is -2.36. The van der Waals surface area contributed by atoms with E-state index in [0.29, 0.717) is 12.3 Å². The molecule has 0 aromatic heterocycles. The zero-order valence-electron chi connectivity index (χ0n) is 9.84. The second kappa shape index (κ2) is 4.67. The molecule has 2 atom stereocenters. The Morgan fingerprint density at radius 3 is 2.71 bits per heavy atom. The summed E-state index contributed by atoms with van der Waals surface area (Å²) in [5.74, 6) is 1.37. The van der Waals surface area contributed by atoms with Crippen LogP contribution in [0.25, 0.3) is 0 Å². The number of benzene rings is 1. The monoisotopic (exact) mass is 234 g/mol. The molecular weight excluding hydrogens is 216 g/mol. The molecule has 1 saturated heterocycles. The third-order valence-electron chi connectivity index (χ3n) is 3.80. The third kappa shape index (κ3) is 2.17. The smallest absolute Gasteiger partial charge is 0.125 e. The van der Waals surface area contributed by atoms with Gasteiger partial charge in [-0.3, -0.25) is 0 Å². The van der Waals surface area contributed by atoms with Gasteiger partial charge in [0.25, 0.3) is 0 Å². The molecule has 1 aromatic carbocycles. The van der Waals surface area contributed by atoms with Crippen LogP contribution in [-0.4, -0.2) is 24.4 Å². The van der Waals surface area contributed by atoms with Crippen LogP contribution in [0, 0.1) is 5.92 Å². The summed E-state index contributed by atoms with van der Waals surface area (Å²) in [6, 6.07) is 7.79. The molecule has 0 saturated carbocycles. The normalized spacial score (nSPS) is 29.5. The minimum absolute atomic E-state index is 0.142. The van der Waals surface area contributed by atoms with Gasteiger partial charge in [0.05, 0.1) is 6.10 Å². The van der Waals surface area contributed by atoms with Crippen molar-refractivity contribution in [3.63, 3.8) is 0 Å². The summed E-state index contributed by atoms with van der Waals surface area (Å²) in [6.07, 6.45) is 2.55. The Hall–Kier alpha value is -1.06. The molecule has 92 valence electrons. The summed E-state index contributed by atoms with van der Waals surface area (Å²) in [5, 5.41) is 10.2. The molecule has 0 spiro atoms. The lowest BCUT2D eigenvalue weighted by Gasteiger charge is -2.36. The number of rotatable bonds is 1. The van der Waals surface area contributed by atoms with Crippen molar-refractivity contribution in [1.29, 1.82) is 0 Å². The van der Waals surface area contributed by atoms with Gasteiger partial charge < -0.3 is 14.6 Å². The van der Waals surface area contributed by atoms with Crippen LogP contribution in [-0.2, 0) is 4.74 Å². The maximum Gasteiger partial charge on any atom is 0.125 e. The van der Waals surface area contributed by atoms with Crippen molar-refractivity contribution < 1.29 is 14.6 Å². The van der Waals surface area contributed by atoms with Gasteiger partial charge in [0.1, 0.15) is 11.9 Å². The molecule has 2 heterocycles. The van der Waals surface area contributed by atoms with E-state index in [-0.39, 0.29) is 12.2 Å². The zero-order valence-corrected chi connectivity index (χ0v) is 9.84. The van der Waals surface area contributed by atoms with Crippen molar-refractivity contribution in [2.24, 2.45) is 5.92 Å². The van der Waals surface area contributed by atoms with Crippen LogP contribution in [0.5, 0.6) is 5.75 Å². The summed E-state index contributed by atoms with van der Waals surface area (Å²) < 4.78 is 11.4. The van der Waals surface area contributed by atoms with Gasteiger partial charge in [0.2, 0.25) is 0 Å². The minimum Gasteiger partial charge on any atom is -0.490 e. The first-order chi connectivity index (χ1) is 8.34. The highest BCUT2D eigenvalue weighted by molar-refractivity contribution is 5.37. The Morgan fingerprint density at radius 1 is 1.12 bits per heavy atom. The van der Waals surface area contributed by atoms with Crippen LogP contribution in [0.15, 0.2) is 24.3 Å². The van der Waals surface area contributed by atoms with E-state index in [2.05, 4.69) is 0 Å². The average Bonchev–Trinajstić information content (AvgIpc) is 2.40. The number of para-hydroxylation sites is 1. The summed E-state index contributed by atoms with van der Waals surface area (Å²) >= 11 is 0. The molecule has 2 aliphatic rings. The first kappa shape index (κ1) is 11.1. The summed E-state index contributed by atoms with van der Waals surface area (Å²) in [4.78, 5) is 0. The number of aliphatic hydroxyl groups is 1. The van der Waals surface area contributed by atoms with E-state index in [4.69, 9.17) is 9.47 Å².